The Kier molecular flexibility index (Phi) is 6.42. The van der Waals surface area contributed by atoms with Crippen molar-refractivity contribution in [3.63, 3.8) is 0 Å². The van der Waals surface area contributed by atoms with Crippen molar-refractivity contribution in [2.24, 2.45) is 0 Å². The molecule has 1 amide bonds. The Labute approximate surface area is 171 Å². The number of benzene rings is 2. The van der Waals surface area contributed by atoms with E-state index in [4.69, 9.17) is 27.6 Å². The number of carbonyl (C=O) groups excluding carboxylic acids is 1. The van der Waals surface area contributed by atoms with Crippen LogP contribution in [0.25, 0.3) is 11.5 Å². The molecule has 0 fully saturated rings. The normalized spacial score (nSPS) is 10.8. The Hall–Kier alpha value is -2.02. The molecule has 3 rings (SSSR count). The first-order chi connectivity index (χ1) is 12.9. The van der Waals surface area contributed by atoms with Crippen LogP contribution >= 0.6 is 35.0 Å². The van der Waals surface area contributed by atoms with Gasteiger partial charge < -0.3 is 9.32 Å². The smallest absolute Gasteiger partial charge is 0.277 e. The fourth-order valence-corrected chi connectivity index (χ4v) is 3.34. The zero-order valence-corrected chi connectivity index (χ0v) is 17.1. The van der Waals surface area contributed by atoms with Crippen molar-refractivity contribution in [3.8, 4) is 11.5 Å². The molecule has 0 aliphatic carbocycles. The molecule has 0 atom stereocenters. The second-order valence-corrected chi connectivity index (χ2v) is 7.77. The molecule has 3 aromatic rings. The molecule has 0 saturated heterocycles. The molecule has 0 radical (unpaired) electrons. The van der Waals surface area contributed by atoms with Gasteiger partial charge in [0.05, 0.1) is 15.8 Å². The Morgan fingerprint density at radius 1 is 1.11 bits per heavy atom. The van der Waals surface area contributed by atoms with Crippen molar-refractivity contribution in [1.29, 1.82) is 0 Å². The van der Waals surface area contributed by atoms with Gasteiger partial charge in [-0.3, -0.25) is 4.79 Å². The highest BCUT2D eigenvalue weighted by molar-refractivity contribution is 7.99. The molecule has 1 aromatic heterocycles. The van der Waals surface area contributed by atoms with Gasteiger partial charge >= 0.3 is 0 Å². The number of halogens is 2. The average Bonchev–Trinajstić information content (AvgIpc) is 3.12. The van der Waals surface area contributed by atoms with Gasteiger partial charge in [-0.2, -0.15) is 0 Å². The van der Waals surface area contributed by atoms with Crippen LogP contribution in [0, 0.1) is 6.92 Å². The first kappa shape index (κ1) is 19.7. The van der Waals surface area contributed by atoms with Gasteiger partial charge in [0.25, 0.3) is 5.22 Å². The molecule has 0 saturated carbocycles. The number of amides is 1. The van der Waals surface area contributed by atoms with Crippen LogP contribution in [-0.2, 0) is 11.3 Å². The summed E-state index contributed by atoms with van der Waals surface area (Å²) < 4.78 is 5.62. The molecule has 0 spiro atoms. The number of hydrogen-bond donors (Lipinski definition) is 0. The van der Waals surface area contributed by atoms with Crippen LogP contribution in [0.3, 0.4) is 0 Å². The van der Waals surface area contributed by atoms with E-state index in [2.05, 4.69) is 10.2 Å². The van der Waals surface area contributed by atoms with Gasteiger partial charge in [0.15, 0.2) is 0 Å². The van der Waals surface area contributed by atoms with E-state index in [1.54, 1.807) is 24.1 Å². The highest BCUT2D eigenvalue weighted by Gasteiger charge is 2.14. The fraction of sp³-hybridized carbons (Fsp3) is 0.211. The van der Waals surface area contributed by atoms with Crippen LogP contribution in [-0.4, -0.2) is 33.8 Å². The van der Waals surface area contributed by atoms with Gasteiger partial charge in [0, 0.05) is 19.2 Å². The van der Waals surface area contributed by atoms with Crippen molar-refractivity contribution >= 4 is 40.9 Å². The predicted octanol–water partition coefficient (Wildman–Crippen LogP) is 5.10. The van der Waals surface area contributed by atoms with Crippen molar-refractivity contribution in [3.05, 3.63) is 63.6 Å². The second kappa shape index (κ2) is 8.78. The summed E-state index contributed by atoms with van der Waals surface area (Å²) in [5.74, 6) is 0.586. The van der Waals surface area contributed by atoms with E-state index in [0.29, 0.717) is 27.7 Å². The first-order valence-electron chi connectivity index (χ1n) is 8.13. The lowest BCUT2D eigenvalue weighted by atomic mass is 10.1. The summed E-state index contributed by atoms with van der Waals surface area (Å²) in [6, 6.07) is 13.1. The summed E-state index contributed by atoms with van der Waals surface area (Å²) in [6.07, 6.45) is 0. The number of aromatic nitrogens is 2. The summed E-state index contributed by atoms with van der Waals surface area (Å²) in [4.78, 5) is 14.0. The minimum absolute atomic E-state index is 0.0545. The first-order valence-corrected chi connectivity index (χ1v) is 9.88. The summed E-state index contributed by atoms with van der Waals surface area (Å²) in [7, 11) is 1.73. The van der Waals surface area contributed by atoms with Crippen molar-refractivity contribution in [2.75, 3.05) is 12.8 Å². The molecule has 0 bridgehead atoms. The number of hydrogen-bond acceptors (Lipinski definition) is 5. The number of thioether (sulfide) groups is 1. The van der Waals surface area contributed by atoms with E-state index in [1.165, 1.54) is 11.8 Å². The van der Waals surface area contributed by atoms with Crippen molar-refractivity contribution < 1.29 is 9.21 Å². The van der Waals surface area contributed by atoms with E-state index >= 15 is 0 Å². The summed E-state index contributed by atoms with van der Waals surface area (Å²) >= 11 is 13.1. The van der Waals surface area contributed by atoms with Gasteiger partial charge in [-0.05, 0) is 36.8 Å². The lowest BCUT2D eigenvalue weighted by molar-refractivity contribution is -0.127. The van der Waals surface area contributed by atoms with E-state index in [-0.39, 0.29) is 11.7 Å². The van der Waals surface area contributed by atoms with Crippen LogP contribution in [0.2, 0.25) is 10.0 Å². The maximum Gasteiger partial charge on any atom is 0.277 e. The molecule has 0 aliphatic rings. The maximum atomic E-state index is 12.3. The monoisotopic (exact) mass is 421 g/mol. The molecule has 5 nitrogen and oxygen atoms in total. The quantitative estimate of drug-likeness (QED) is 0.517. The Bertz CT molecular complexity index is 944. The van der Waals surface area contributed by atoms with Gasteiger partial charge in [-0.25, -0.2) is 0 Å². The number of rotatable bonds is 6. The summed E-state index contributed by atoms with van der Waals surface area (Å²) in [5.41, 5.74) is 2.91. The maximum absolute atomic E-state index is 12.3. The third kappa shape index (κ3) is 5.25. The third-order valence-electron chi connectivity index (χ3n) is 3.85. The highest BCUT2D eigenvalue weighted by atomic mass is 35.5. The van der Waals surface area contributed by atoms with Crippen LogP contribution < -0.4 is 0 Å². The largest absolute Gasteiger partial charge is 0.411 e. The second-order valence-electron chi connectivity index (χ2n) is 6.03. The fourth-order valence-electron chi connectivity index (χ4n) is 2.31. The lowest BCUT2D eigenvalue weighted by Crippen LogP contribution is -2.27. The van der Waals surface area contributed by atoms with Gasteiger partial charge in [0.1, 0.15) is 0 Å². The molecule has 1 heterocycles. The van der Waals surface area contributed by atoms with Crippen LogP contribution in [0.1, 0.15) is 11.1 Å². The number of carbonyl (C=O) groups is 1. The number of nitrogens with zero attached hydrogens (tertiary/aromatic N) is 3. The van der Waals surface area contributed by atoms with Crippen molar-refractivity contribution in [1.82, 2.24) is 15.1 Å². The Morgan fingerprint density at radius 3 is 2.56 bits per heavy atom. The SMILES string of the molecule is Cc1ccc(-c2nnc(SCC(=O)N(C)Cc3ccc(Cl)c(Cl)c3)o2)cc1. The Morgan fingerprint density at radius 2 is 1.85 bits per heavy atom. The van der Waals surface area contributed by atoms with Gasteiger partial charge in [0.2, 0.25) is 11.8 Å². The van der Waals surface area contributed by atoms with E-state index in [0.717, 1.165) is 16.7 Å². The molecule has 2 aromatic carbocycles. The van der Waals surface area contributed by atoms with E-state index < -0.39 is 0 Å². The molecule has 0 aliphatic heterocycles. The molecule has 140 valence electrons. The van der Waals surface area contributed by atoms with Gasteiger partial charge in [-0.15, -0.1) is 10.2 Å². The average molecular weight is 422 g/mol. The predicted molar refractivity (Wildman–Crippen MR) is 108 cm³/mol. The minimum Gasteiger partial charge on any atom is -0.411 e. The molecule has 0 N–H and O–H groups in total. The zero-order chi connectivity index (χ0) is 19.4. The van der Waals surface area contributed by atoms with Crippen molar-refractivity contribution in [2.45, 2.75) is 18.7 Å². The molecular weight excluding hydrogens is 405 g/mol. The molecular formula is C19H17Cl2N3O2S. The third-order valence-corrected chi connectivity index (χ3v) is 5.40. The molecule has 27 heavy (non-hydrogen) atoms. The van der Waals surface area contributed by atoms with Gasteiger partial charge in [-0.1, -0.05) is 58.7 Å². The van der Waals surface area contributed by atoms with E-state index in [1.807, 2.05) is 37.3 Å². The van der Waals surface area contributed by atoms with Crippen LogP contribution in [0.4, 0.5) is 0 Å². The zero-order valence-electron chi connectivity index (χ0n) is 14.8. The standard InChI is InChI=1S/C19H17Cl2N3O2S/c1-12-3-6-14(7-4-12)18-22-23-19(26-18)27-11-17(25)24(2)10-13-5-8-15(20)16(21)9-13/h3-9H,10-11H2,1-2H3. The highest BCUT2D eigenvalue weighted by Crippen LogP contribution is 2.25. The molecule has 8 heteroatoms. The van der Waals surface area contributed by atoms with Crippen LogP contribution in [0.5, 0.6) is 0 Å². The topological polar surface area (TPSA) is 59.2 Å². The molecule has 0 unspecified atom stereocenters. The Balaban J connectivity index is 1.55. The lowest BCUT2D eigenvalue weighted by Gasteiger charge is -2.17. The number of aryl methyl sites for hydroxylation is 1. The minimum atomic E-state index is -0.0545. The van der Waals surface area contributed by atoms with Crippen LogP contribution in [0.15, 0.2) is 52.1 Å². The summed E-state index contributed by atoms with van der Waals surface area (Å²) in [6.45, 7) is 2.45. The summed E-state index contributed by atoms with van der Waals surface area (Å²) in [5, 5.41) is 9.36. The van der Waals surface area contributed by atoms with E-state index in [9.17, 15) is 4.79 Å².